The number of nitrogens with zero attached hydrogens (tertiary/aromatic N) is 4. The van der Waals surface area contributed by atoms with Crippen molar-refractivity contribution in [3.8, 4) is 17.6 Å². The lowest BCUT2D eigenvalue weighted by molar-refractivity contribution is -0.136. The van der Waals surface area contributed by atoms with E-state index in [2.05, 4.69) is 26.7 Å². The van der Waals surface area contributed by atoms with E-state index in [-0.39, 0.29) is 65.8 Å². The molecule has 1 saturated heterocycles. The standard InChI is InChI=1S/C39H35ClN6O7S/c1-39(2,24-5-7-27(8-6-24)53-21-26-12-14-42-38(44-26)54-3)25-17-23(19-41)34(30(40)18-25)52-15-13-32(47)43-20-22-4-9-28-29(16-22)37(51)46(36(28)50)31-10-11-33(48)45-35(31)49/h4-9,12,14,16-18,31H,10-11,13,15,20-21H2,1-3H3,(H,43,47)(H,45,48,49). The third-order valence-corrected chi connectivity index (χ3v) is 10.1. The van der Waals surface area contributed by atoms with Gasteiger partial charge < -0.3 is 14.8 Å². The number of carbonyl (C=O) groups is 5. The van der Waals surface area contributed by atoms with Gasteiger partial charge in [0.25, 0.3) is 11.8 Å². The van der Waals surface area contributed by atoms with Crippen molar-refractivity contribution < 1.29 is 33.4 Å². The minimum Gasteiger partial charge on any atom is -0.490 e. The van der Waals surface area contributed by atoms with Crippen molar-refractivity contribution in [2.24, 2.45) is 0 Å². The first-order chi connectivity index (χ1) is 25.9. The van der Waals surface area contributed by atoms with E-state index >= 15 is 0 Å². The number of fused-ring (bicyclic) bond motifs is 1. The van der Waals surface area contributed by atoms with Gasteiger partial charge in [-0.2, -0.15) is 5.26 Å². The van der Waals surface area contributed by atoms with Crippen LogP contribution in [0.5, 0.6) is 11.5 Å². The summed E-state index contributed by atoms with van der Waals surface area (Å²) in [5.41, 5.74) is 3.06. The average molecular weight is 767 g/mol. The first-order valence-electron chi connectivity index (χ1n) is 17.0. The Labute approximate surface area is 320 Å². The number of rotatable bonds is 13. The molecule has 0 aliphatic carbocycles. The molecule has 0 bridgehead atoms. The van der Waals surface area contributed by atoms with Crippen LogP contribution >= 0.6 is 23.4 Å². The average Bonchev–Trinajstić information content (AvgIpc) is 3.41. The number of aromatic nitrogens is 2. The van der Waals surface area contributed by atoms with Gasteiger partial charge in [-0.25, -0.2) is 9.97 Å². The Bertz CT molecular complexity index is 2200. The van der Waals surface area contributed by atoms with Gasteiger partial charge in [-0.3, -0.25) is 34.2 Å². The Balaban J connectivity index is 1.02. The molecule has 6 rings (SSSR count). The quantitative estimate of drug-likeness (QED) is 0.105. The normalized spacial score (nSPS) is 15.4. The molecule has 3 aromatic carbocycles. The molecule has 2 aliphatic heterocycles. The van der Waals surface area contributed by atoms with Crippen molar-refractivity contribution >= 4 is 52.9 Å². The summed E-state index contributed by atoms with van der Waals surface area (Å²) < 4.78 is 11.8. The SMILES string of the molecule is CSc1nccc(COc2ccc(C(C)(C)c3cc(Cl)c(OCCC(=O)NCc4ccc5c(c4)C(=O)N(C4CCC(=O)NC4=O)C5=O)c(C#N)c3)cc2)n1. The van der Waals surface area contributed by atoms with Crippen molar-refractivity contribution in [1.29, 1.82) is 5.26 Å². The van der Waals surface area contributed by atoms with Crippen LogP contribution in [0, 0.1) is 11.3 Å². The molecule has 1 unspecified atom stereocenters. The molecule has 276 valence electrons. The lowest BCUT2D eigenvalue weighted by Gasteiger charge is -2.27. The number of ether oxygens (including phenoxy) is 2. The van der Waals surface area contributed by atoms with E-state index in [4.69, 9.17) is 21.1 Å². The molecule has 0 spiro atoms. The fraction of sp³-hybridized carbons (Fsp3) is 0.282. The zero-order chi connectivity index (χ0) is 38.6. The number of piperidine rings is 1. The largest absolute Gasteiger partial charge is 0.490 e. The Morgan fingerprint density at radius 3 is 2.52 bits per heavy atom. The first-order valence-corrected chi connectivity index (χ1v) is 18.6. The highest BCUT2D eigenvalue weighted by atomic mass is 35.5. The molecule has 2 N–H and O–H groups in total. The molecule has 3 heterocycles. The summed E-state index contributed by atoms with van der Waals surface area (Å²) in [4.78, 5) is 72.1. The van der Waals surface area contributed by atoms with Gasteiger partial charge in [0, 0.05) is 24.6 Å². The summed E-state index contributed by atoms with van der Waals surface area (Å²) in [6.45, 7) is 4.35. The molecule has 4 aromatic rings. The number of halogens is 1. The van der Waals surface area contributed by atoms with E-state index in [1.807, 2.05) is 50.4 Å². The van der Waals surface area contributed by atoms with Crippen molar-refractivity contribution in [3.63, 3.8) is 0 Å². The highest BCUT2D eigenvalue weighted by molar-refractivity contribution is 7.98. The van der Waals surface area contributed by atoms with E-state index in [0.717, 1.165) is 21.7 Å². The zero-order valence-corrected chi connectivity index (χ0v) is 31.2. The minimum absolute atomic E-state index is 0.0249. The number of amides is 5. The molecule has 54 heavy (non-hydrogen) atoms. The smallest absolute Gasteiger partial charge is 0.262 e. The fourth-order valence-electron chi connectivity index (χ4n) is 6.19. The second kappa shape index (κ2) is 16.1. The Kier molecular flexibility index (Phi) is 11.3. The second-order valence-corrected chi connectivity index (χ2v) is 14.3. The lowest BCUT2D eigenvalue weighted by atomic mass is 9.77. The van der Waals surface area contributed by atoms with Crippen LogP contribution in [-0.4, -0.2) is 63.3 Å². The molecular weight excluding hydrogens is 732 g/mol. The molecule has 1 aromatic heterocycles. The molecule has 5 amide bonds. The molecule has 1 atom stereocenters. The van der Waals surface area contributed by atoms with E-state index in [0.29, 0.717) is 23.1 Å². The number of benzene rings is 3. The summed E-state index contributed by atoms with van der Waals surface area (Å²) in [7, 11) is 0. The number of imide groups is 2. The number of nitriles is 1. The third kappa shape index (κ3) is 8.07. The third-order valence-electron chi connectivity index (χ3n) is 9.29. The van der Waals surface area contributed by atoms with Crippen LogP contribution in [0.4, 0.5) is 0 Å². The number of carbonyl (C=O) groups excluding carboxylic acids is 5. The van der Waals surface area contributed by atoms with Gasteiger partial charge in [-0.05, 0) is 71.8 Å². The Hall–Kier alpha value is -5.78. The van der Waals surface area contributed by atoms with E-state index in [9.17, 15) is 29.2 Å². The van der Waals surface area contributed by atoms with Crippen LogP contribution in [0.25, 0.3) is 0 Å². The Morgan fingerprint density at radius 1 is 1.04 bits per heavy atom. The summed E-state index contributed by atoms with van der Waals surface area (Å²) in [5, 5.41) is 15.8. The van der Waals surface area contributed by atoms with Crippen LogP contribution in [0.2, 0.25) is 5.02 Å². The van der Waals surface area contributed by atoms with Crippen LogP contribution in [-0.2, 0) is 33.0 Å². The van der Waals surface area contributed by atoms with Gasteiger partial charge in [0.05, 0.1) is 40.4 Å². The number of hydrogen-bond donors (Lipinski definition) is 2. The van der Waals surface area contributed by atoms with Crippen molar-refractivity contribution in [2.45, 2.75) is 62.9 Å². The number of thioether (sulfide) groups is 1. The summed E-state index contributed by atoms with van der Waals surface area (Å²) >= 11 is 8.11. The maximum atomic E-state index is 13.1. The van der Waals surface area contributed by atoms with E-state index in [1.165, 1.54) is 23.9 Å². The monoisotopic (exact) mass is 766 g/mol. The molecule has 0 saturated carbocycles. The molecule has 0 radical (unpaired) electrons. The topological polar surface area (TPSA) is 181 Å². The van der Waals surface area contributed by atoms with Crippen molar-refractivity contribution in [3.05, 3.63) is 111 Å². The molecule has 1 fully saturated rings. The van der Waals surface area contributed by atoms with Gasteiger partial charge in [0.15, 0.2) is 10.9 Å². The first kappa shape index (κ1) is 38.0. The summed E-state index contributed by atoms with van der Waals surface area (Å²) in [6, 6.07) is 18.7. The van der Waals surface area contributed by atoms with Gasteiger partial charge in [0.1, 0.15) is 24.5 Å². The van der Waals surface area contributed by atoms with Gasteiger partial charge in [-0.15, -0.1) is 0 Å². The van der Waals surface area contributed by atoms with Gasteiger partial charge in [0.2, 0.25) is 17.7 Å². The number of nitrogens with one attached hydrogen (secondary N) is 2. The van der Waals surface area contributed by atoms with Crippen molar-refractivity contribution in [2.75, 3.05) is 12.9 Å². The van der Waals surface area contributed by atoms with Crippen LogP contribution in [0.3, 0.4) is 0 Å². The highest BCUT2D eigenvalue weighted by Gasteiger charge is 2.44. The molecule has 13 nitrogen and oxygen atoms in total. The van der Waals surface area contributed by atoms with Crippen LogP contribution in [0.1, 0.15) is 81.8 Å². The summed E-state index contributed by atoms with van der Waals surface area (Å²) in [6.07, 6.45) is 3.65. The maximum Gasteiger partial charge on any atom is 0.262 e. The molecular formula is C39H35ClN6O7S. The lowest BCUT2D eigenvalue weighted by Crippen LogP contribution is -2.54. The zero-order valence-electron chi connectivity index (χ0n) is 29.6. The minimum atomic E-state index is -1.06. The predicted molar refractivity (Wildman–Crippen MR) is 198 cm³/mol. The van der Waals surface area contributed by atoms with Crippen LogP contribution < -0.4 is 20.1 Å². The fourth-order valence-corrected chi connectivity index (χ4v) is 6.84. The van der Waals surface area contributed by atoms with Crippen molar-refractivity contribution in [1.82, 2.24) is 25.5 Å². The van der Waals surface area contributed by atoms with E-state index < -0.39 is 35.1 Å². The van der Waals surface area contributed by atoms with Gasteiger partial charge >= 0.3 is 0 Å². The number of hydrogen-bond acceptors (Lipinski definition) is 11. The maximum absolute atomic E-state index is 13.1. The molecule has 2 aliphatic rings. The second-order valence-electron chi connectivity index (χ2n) is 13.1. The van der Waals surface area contributed by atoms with Crippen LogP contribution in [0.15, 0.2) is 72.0 Å². The Morgan fingerprint density at radius 2 is 1.80 bits per heavy atom. The molecule has 15 heteroatoms. The highest BCUT2D eigenvalue weighted by Crippen LogP contribution is 2.39. The van der Waals surface area contributed by atoms with Gasteiger partial charge in [-0.1, -0.05) is 55.4 Å². The summed E-state index contributed by atoms with van der Waals surface area (Å²) in [5.74, 6) is -1.88. The van der Waals surface area contributed by atoms with E-state index in [1.54, 1.807) is 24.4 Å². The predicted octanol–water partition coefficient (Wildman–Crippen LogP) is 5.11.